The van der Waals surface area contributed by atoms with Crippen LogP contribution in [0.25, 0.3) is 11.0 Å². The van der Waals surface area contributed by atoms with E-state index in [2.05, 4.69) is 9.97 Å². The van der Waals surface area contributed by atoms with Crippen LogP contribution >= 0.6 is 0 Å². The smallest absolute Gasteiger partial charge is 0.273 e. The van der Waals surface area contributed by atoms with Gasteiger partial charge in [-0.2, -0.15) is 0 Å². The molecule has 5 rings (SSSR count). The van der Waals surface area contributed by atoms with E-state index >= 15 is 0 Å². The minimum atomic E-state index is -0.357. The molecule has 0 radical (unpaired) electrons. The normalized spacial score (nSPS) is 14.8. The molecule has 0 spiro atoms. The molecular weight excluding hydrogens is 458 g/mol. The van der Waals surface area contributed by atoms with Gasteiger partial charge in [0, 0.05) is 18.1 Å². The average Bonchev–Trinajstić information content (AvgIpc) is 2.94. The molecule has 4 aromatic rings. The SMILES string of the molecule is COc1ccc(OCC2c3cc(OC)c(OC)cc3CCN2C(=O)c2ccc3cccnc3n2)cc1. The summed E-state index contributed by atoms with van der Waals surface area (Å²) in [6.07, 6.45) is 2.35. The molecule has 1 unspecified atom stereocenters. The van der Waals surface area contributed by atoms with Gasteiger partial charge in [-0.25, -0.2) is 9.97 Å². The molecule has 8 heteroatoms. The van der Waals surface area contributed by atoms with E-state index in [1.165, 1.54) is 0 Å². The van der Waals surface area contributed by atoms with E-state index in [4.69, 9.17) is 18.9 Å². The highest BCUT2D eigenvalue weighted by Crippen LogP contribution is 2.39. The minimum Gasteiger partial charge on any atom is -0.497 e. The first-order valence-electron chi connectivity index (χ1n) is 11.7. The number of amides is 1. The second-order valence-corrected chi connectivity index (χ2v) is 8.40. The van der Waals surface area contributed by atoms with Crippen LogP contribution in [-0.2, 0) is 6.42 Å². The lowest BCUT2D eigenvalue weighted by Gasteiger charge is -2.37. The maximum absolute atomic E-state index is 13.7. The van der Waals surface area contributed by atoms with Gasteiger partial charge >= 0.3 is 0 Å². The number of benzene rings is 2. The highest BCUT2D eigenvalue weighted by molar-refractivity contribution is 5.95. The van der Waals surface area contributed by atoms with Crippen molar-refractivity contribution in [3.8, 4) is 23.0 Å². The van der Waals surface area contributed by atoms with E-state index in [1.807, 2.05) is 59.5 Å². The Bertz CT molecular complexity index is 1390. The van der Waals surface area contributed by atoms with Gasteiger partial charge in [-0.3, -0.25) is 4.79 Å². The minimum absolute atomic E-state index is 0.175. The van der Waals surface area contributed by atoms with Crippen LogP contribution < -0.4 is 18.9 Å². The molecule has 0 bridgehead atoms. The van der Waals surface area contributed by atoms with Crippen molar-refractivity contribution in [3.05, 3.63) is 83.7 Å². The van der Waals surface area contributed by atoms with Crippen LogP contribution in [0.2, 0.25) is 0 Å². The average molecular weight is 486 g/mol. The van der Waals surface area contributed by atoms with Crippen LogP contribution in [0.5, 0.6) is 23.0 Å². The standard InChI is InChI=1S/C28H27N3O5/c1-33-20-7-9-21(10-8-20)36-17-24-22-16-26(35-3)25(34-2)15-19(22)12-14-31(24)28(32)23-11-6-18-5-4-13-29-27(18)30-23/h4-11,13,15-16,24H,12,14,17H2,1-3H3. The Kier molecular flexibility index (Phi) is 6.58. The van der Waals surface area contributed by atoms with Gasteiger partial charge in [0.25, 0.3) is 5.91 Å². The van der Waals surface area contributed by atoms with E-state index in [1.54, 1.807) is 33.6 Å². The Labute approximate surface area is 209 Å². The molecule has 8 nitrogen and oxygen atoms in total. The summed E-state index contributed by atoms with van der Waals surface area (Å²) in [5.41, 5.74) is 2.94. The van der Waals surface area contributed by atoms with Crippen LogP contribution in [-0.4, -0.2) is 55.3 Å². The number of ether oxygens (including phenoxy) is 4. The molecule has 1 aliphatic heterocycles. The fraction of sp³-hybridized carbons (Fsp3) is 0.250. The van der Waals surface area contributed by atoms with E-state index in [0.29, 0.717) is 41.6 Å². The summed E-state index contributed by atoms with van der Waals surface area (Å²) < 4.78 is 22.5. The third kappa shape index (κ3) is 4.49. The van der Waals surface area contributed by atoms with Crippen molar-refractivity contribution in [2.75, 3.05) is 34.5 Å². The van der Waals surface area contributed by atoms with E-state index in [9.17, 15) is 4.79 Å². The molecule has 0 fully saturated rings. The lowest BCUT2D eigenvalue weighted by atomic mass is 9.91. The molecule has 0 saturated heterocycles. The maximum atomic E-state index is 13.7. The summed E-state index contributed by atoms with van der Waals surface area (Å²) in [5, 5.41) is 0.884. The summed E-state index contributed by atoms with van der Waals surface area (Å²) in [6.45, 7) is 0.770. The maximum Gasteiger partial charge on any atom is 0.273 e. The van der Waals surface area contributed by atoms with E-state index < -0.39 is 0 Å². The Hall–Kier alpha value is -4.33. The highest BCUT2D eigenvalue weighted by Gasteiger charge is 2.34. The Morgan fingerprint density at radius 1 is 0.944 bits per heavy atom. The van der Waals surface area contributed by atoms with Crippen molar-refractivity contribution in [2.45, 2.75) is 12.5 Å². The molecule has 184 valence electrons. The predicted molar refractivity (Wildman–Crippen MR) is 135 cm³/mol. The first-order chi connectivity index (χ1) is 17.6. The molecule has 36 heavy (non-hydrogen) atoms. The Morgan fingerprint density at radius 3 is 2.44 bits per heavy atom. The van der Waals surface area contributed by atoms with Gasteiger partial charge in [0.05, 0.1) is 27.4 Å². The van der Waals surface area contributed by atoms with Gasteiger partial charge < -0.3 is 23.8 Å². The number of methoxy groups -OCH3 is 3. The summed E-state index contributed by atoms with van der Waals surface area (Å²) in [6, 6.07) is 18.3. The van der Waals surface area contributed by atoms with Crippen molar-refractivity contribution in [3.63, 3.8) is 0 Å². The second-order valence-electron chi connectivity index (χ2n) is 8.40. The zero-order valence-corrected chi connectivity index (χ0v) is 20.4. The quantitative estimate of drug-likeness (QED) is 0.382. The second kappa shape index (κ2) is 10.1. The first-order valence-corrected chi connectivity index (χ1v) is 11.7. The van der Waals surface area contributed by atoms with Gasteiger partial charge in [-0.15, -0.1) is 0 Å². The molecular formula is C28H27N3O5. The molecule has 1 atom stereocenters. The lowest BCUT2D eigenvalue weighted by Crippen LogP contribution is -2.43. The van der Waals surface area contributed by atoms with Crippen LogP contribution in [0.15, 0.2) is 66.9 Å². The van der Waals surface area contributed by atoms with Crippen molar-refractivity contribution in [1.82, 2.24) is 14.9 Å². The molecule has 2 aromatic heterocycles. The number of nitrogens with zero attached hydrogens (tertiary/aromatic N) is 3. The summed E-state index contributed by atoms with van der Waals surface area (Å²) in [5.74, 6) is 2.52. The molecule has 3 heterocycles. The number of pyridine rings is 2. The number of carbonyl (C=O) groups is 1. The third-order valence-electron chi connectivity index (χ3n) is 6.41. The number of hydrogen-bond acceptors (Lipinski definition) is 7. The number of rotatable bonds is 7. The van der Waals surface area contributed by atoms with Crippen LogP contribution in [0.1, 0.15) is 27.7 Å². The molecule has 1 amide bonds. The van der Waals surface area contributed by atoms with Crippen molar-refractivity contribution in [1.29, 1.82) is 0 Å². The van der Waals surface area contributed by atoms with E-state index in [0.717, 1.165) is 22.3 Å². The molecule has 2 aromatic carbocycles. The third-order valence-corrected chi connectivity index (χ3v) is 6.41. The Balaban J connectivity index is 1.50. The number of fused-ring (bicyclic) bond motifs is 2. The Morgan fingerprint density at radius 2 is 1.69 bits per heavy atom. The monoisotopic (exact) mass is 485 g/mol. The molecule has 0 aliphatic carbocycles. The van der Waals surface area contributed by atoms with Crippen molar-refractivity contribution < 1.29 is 23.7 Å². The zero-order valence-electron chi connectivity index (χ0n) is 20.4. The number of aromatic nitrogens is 2. The predicted octanol–water partition coefficient (Wildman–Crippen LogP) is 4.47. The molecule has 1 aliphatic rings. The van der Waals surface area contributed by atoms with Crippen molar-refractivity contribution in [2.24, 2.45) is 0 Å². The molecule has 0 N–H and O–H groups in total. The largest absolute Gasteiger partial charge is 0.497 e. The van der Waals surface area contributed by atoms with Gasteiger partial charge in [0.1, 0.15) is 23.8 Å². The fourth-order valence-electron chi connectivity index (χ4n) is 4.52. The summed E-state index contributed by atoms with van der Waals surface area (Å²) in [7, 11) is 4.84. The van der Waals surface area contributed by atoms with Crippen LogP contribution in [0.3, 0.4) is 0 Å². The number of hydrogen-bond donors (Lipinski definition) is 0. The fourth-order valence-corrected chi connectivity index (χ4v) is 4.52. The van der Waals surface area contributed by atoms with Gasteiger partial charge in [0.15, 0.2) is 17.1 Å². The zero-order chi connectivity index (χ0) is 25.1. The van der Waals surface area contributed by atoms with Gasteiger partial charge in [-0.1, -0.05) is 0 Å². The van der Waals surface area contributed by atoms with Crippen molar-refractivity contribution >= 4 is 16.9 Å². The highest BCUT2D eigenvalue weighted by atomic mass is 16.5. The topological polar surface area (TPSA) is 83.0 Å². The van der Waals surface area contributed by atoms with Crippen LogP contribution in [0, 0.1) is 0 Å². The summed E-state index contributed by atoms with van der Waals surface area (Å²) in [4.78, 5) is 24.4. The molecule has 0 saturated carbocycles. The lowest BCUT2D eigenvalue weighted by molar-refractivity contribution is 0.0583. The summed E-state index contributed by atoms with van der Waals surface area (Å²) >= 11 is 0. The first kappa shape index (κ1) is 23.4. The van der Waals surface area contributed by atoms with E-state index in [-0.39, 0.29) is 18.6 Å². The van der Waals surface area contributed by atoms with Crippen LogP contribution in [0.4, 0.5) is 0 Å². The van der Waals surface area contributed by atoms with Gasteiger partial charge in [-0.05, 0) is 78.2 Å². The van der Waals surface area contributed by atoms with Gasteiger partial charge in [0.2, 0.25) is 0 Å². The number of carbonyl (C=O) groups excluding carboxylic acids is 1.